The van der Waals surface area contributed by atoms with Crippen molar-refractivity contribution in [1.82, 2.24) is 0 Å². The van der Waals surface area contributed by atoms with E-state index in [1.54, 1.807) is 19.2 Å². The molecule has 0 aliphatic rings. The van der Waals surface area contributed by atoms with Gasteiger partial charge in [-0.15, -0.1) is 10.1 Å². The van der Waals surface area contributed by atoms with Crippen LogP contribution in [-0.2, 0) is 11.4 Å². The SMILES string of the molecule is CNc1ccccc1CO[N+](=O)[O-]. The topological polar surface area (TPSA) is 64.4 Å². The van der Waals surface area contributed by atoms with Crippen LogP contribution in [0.25, 0.3) is 0 Å². The van der Waals surface area contributed by atoms with Gasteiger partial charge in [-0.1, -0.05) is 18.2 Å². The Hall–Kier alpha value is -1.78. The lowest BCUT2D eigenvalue weighted by molar-refractivity contribution is -0.762. The second-order valence-electron chi connectivity index (χ2n) is 2.40. The van der Waals surface area contributed by atoms with Crippen molar-refractivity contribution in [2.75, 3.05) is 12.4 Å². The number of anilines is 1. The molecule has 0 aromatic heterocycles. The summed E-state index contributed by atoms with van der Waals surface area (Å²) >= 11 is 0. The fraction of sp³-hybridized carbons (Fsp3) is 0.250. The van der Waals surface area contributed by atoms with Gasteiger partial charge in [0, 0.05) is 18.3 Å². The van der Waals surface area contributed by atoms with Gasteiger partial charge in [0.25, 0.3) is 5.09 Å². The van der Waals surface area contributed by atoms with E-state index in [1.807, 2.05) is 12.1 Å². The lowest BCUT2D eigenvalue weighted by Crippen LogP contribution is -2.02. The zero-order chi connectivity index (χ0) is 9.68. The molecule has 0 spiro atoms. The Balaban J connectivity index is 2.69. The van der Waals surface area contributed by atoms with Crippen molar-refractivity contribution < 1.29 is 9.92 Å². The fourth-order valence-electron chi connectivity index (χ4n) is 1.01. The summed E-state index contributed by atoms with van der Waals surface area (Å²) in [5, 5.41) is 12.1. The maximum Gasteiger partial charge on any atom is 0.294 e. The van der Waals surface area contributed by atoms with Crippen LogP contribution in [0.1, 0.15) is 5.56 Å². The van der Waals surface area contributed by atoms with Gasteiger partial charge in [-0.05, 0) is 6.07 Å². The monoisotopic (exact) mass is 182 g/mol. The summed E-state index contributed by atoms with van der Waals surface area (Å²) in [6.07, 6.45) is 0. The van der Waals surface area contributed by atoms with E-state index in [-0.39, 0.29) is 6.61 Å². The first-order chi connectivity index (χ1) is 6.24. The van der Waals surface area contributed by atoms with Crippen molar-refractivity contribution in [3.05, 3.63) is 39.9 Å². The Kier molecular flexibility index (Phi) is 3.08. The molecule has 0 aliphatic carbocycles. The van der Waals surface area contributed by atoms with Crippen molar-refractivity contribution in [3.63, 3.8) is 0 Å². The maximum atomic E-state index is 9.94. The number of hydrogen-bond donors (Lipinski definition) is 1. The van der Waals surface area contributed by atoms with E-state index >= 15 is 0 Å². The summed E-state index contributed by atoms with van der Waals surface area (Å²) in [6.45, 7) is -0.0238. The molecule has 0 aliphatic heterocycles. The normalized spacial score (nSPS) is 9.31. The van der Waals surface area contributed by atoms with E-state index in [4.69, 9.17) is 0 Å². The van der Waals surface area contributed by atoms with Gasteiger partial charge < -0.3 is 10.2 Å². The smallest absolute Gasteiger partial charge is 0.294 e. The van der Waals surface area contributed by atoms with Crippen molar-refractivity contribution in [2.24, 2.45) is 0 Å². The van der Waals surface area contributed by atoms with Gasteiger partial charge in [-0.3, -0.25) is 0 Å². The molecule has 0 saturated carbocycles. The summed E-state index contributed by atoms with van der Waals surface area (Å²) < 4.78 is 0. The molecular formula is C8H10N2O3. The van der Waals surface area contributed by atoms with Gasteiger partial charge in [0.15, 0.2) is 0 Å². The molecule has 1 N–H and O–H groups in total. The molecule has 0 bridgehead atoms. The van der Waals surface area contributed by atoms with E-state index in [0.29, 0.717) is 0 Å². The highest BCUT2D eigenvalue weighted by Gasteiger charge is 2.01. The highest BCUT2D eigenvalue weighted by molar-refractivity contribution is 5.49. The molecule has 5 heteroatoms. The fourth-order valence-corrected chi connectivity index (χ4v) is 1.01. The predicted octanol–water partition coefficient (Wildman–Crippen LogP) is 1.44. The molecule has 0 unspecified atom stereocenters. The minimum absolute atomic E-state index is 0.0238. The predicted molar refractivity (Wildman–Crippen MR) is 47.8 cm³/mol. The van der Waals surface area contributed by atoms with E-state index in [0.717, 1.165) is 11.3 Å². The summed E-state index contributed by atoms with van der Waals surface area (Å²) in [5.74, 6) is 0. The van der Waals surface area contributed by atoms with Crippen LogP contribution in [0, 0.1) is 10.1 Å². The van der Waals surface area contributed by atoms with E-state index in [9.17, 15) is 10.1 Å². The molecule has 5 nitrogen and oxygen atoms in total. The highest BCUT2D eigenvalue weighted by atomic mass is 16.9. The quantitative estimate of drug-likeness (QED) is 0.565. The van der Waals surface area contributed by atoms with Crippen LogP contribution in [0.4, 0.5) is 5.69 Å². The summed E-state index contributed by atoms with van der Waals surface area (Å²) in [4.78, 5) is 14.2. The molecule has 0 fully saturated rings. The molecule has 0 saturated heterocycles. The first kappa shape index (κ1) is 9.31. The van der Waals surface area contributed by atoms with Crippen molar-refractivity contribution in [2.45, 2.75) is 6.61 Å². The molecule has 0 amide bonds. The summed E-state index contributed by atoms with van der Waals surface area (Å²) in [5.41, 5.74) is 1.60. The Morgan fingerprint density at radius 2 is 2.23 bits per heavy atom. The average Bonchev–Trinajstić information content (AvgIpc) is 2.15. The third-order valence-electron chi connectivity index (χ3n) is 1.61. The molecule has 1 aromatic rings. The highest BCUT2D eigenvalue weighted by Crippen LogP contribution is 2.14. The molecule has 0 atom stereocenters. The molecule has 70 valence electrons. The molecule has 13 heavy (non-hydrogen) atoms. The van der Waals surface area contributed by atoms with Gasteiger partial charge in [0.1, 0.15) is 6.61 Å². The van der Waals surface area contributed by atoms with E-state index in [1.165, 1.54) is 0 Å². The van der Waals surface area contributed by atoms with E-state index < -0.39 is 5.09 Å². The van der Waals surface area contributed by atoms with Crippen molar-refractivity contribution in [1.29, 1.82) is 0 Å². The van der Waals surface area contributed by atoms with Crippen LogP contribution in [0.3, 0.4) is 0 Å². The molecule has 1 aromatic carbocycles. The zero-order valence-corrected chi connectivity index (χ0v) is 7.19. The largest absolute Gasteiger partial charge is 0.388 e. The minimum atomic E-state index is -0.799. The van der Waals surface area contributed by atoms with Crippen LogP contribution in [0.5, 0.6) is 0 Å². The first-order valence-electron chi connectivity index (χ1n) is 3.77. The Labute approximate surface area is 75.4 Å². The van der Waals surface area contributed by atoms with Gasteiger partial charge in [0.2, 0.25) is 0 Å². The van der Waals surface area contributed by atoms with Crippen LogP contribution in [0.2, 0.25) is 0 Å². The lowest BCUT2D eigenvalue weighted by atomic mass is 10.2. The van der Waals surface area contributed by atoms with Crippen LogP contribution in [-0.4, -0.2) is 12.1 Å². The molecule has 0 heterocycles. The second-order valence-corrected chi connectivity index (χ2v) is 2.40. The Morgan fingerprint density at radius 3 is 2.85 bits per heavy atom. The number of rotatable bonds is 4. The minimum Gasteiger partial charge on any atom is -0.388 e. The van der Waals surface area contributed by atoms with Gasteiger partial charge in [0.05, 0.1) is 0 Å². The Morgan fingerprint density at radius 1 is 1.54 bits per heavy atom. The zero-order valence-electron chi connectivity index (χ0n) is 7.19. The number of nitrogens with one attached hydrogen (secondary N) is 1. The van der Waals surface area contributed by atoms with E-state index in [2.05, 4.69) is 10.2 Å². The number of benzene rings is 1. The number of nitrogens with zero attached hydrogens (tertiary/aromatic N) is 1. The molecular weight excluding hydrogens is 172 g/mol. The molecule has 1 rings (SSSR count). The van der Waals surface area contributed by atoms with Gasteiger partial charge in [-0.25, -0.2) is 0 Å². The van der Waals surface area contributed by atoms with Crippen LogP contribution >= 0.6 is 0 Å². The van der Waals surface area contributed by atoms with Crippen molar-refractivity contribution in [3.8, 4) is 0 Å². The third-order valence-corrected chi connectivity index (χ3v) is 1.61. The second kappa shape index (κ2) is 4.30. The van der Waals surface area contributed by atoms with Crippen LogP contribution < -0.4 is 5.32 Å². The van der Waals surface area contributed by atoms with Crippen molar-refractivity contribution >= 4 is 5.69 Å². The van der Waals surface area contributed by atoms with Gasteiger partial charge in [-0.2, -0.15) is 0 Å². The molecule has 0 radical (unpaired) electrons. The average molecular weight is 182 g/mol. The third kappa shape index (κ3) is 2.62. The maximum absolute atomic E-state index is 9.94. The van der Waals surface area contributed by atoms with Gasteiger partial charge >= 0.3 is 0 Å². The Bertz CT molecular complexity index is 301. The first-order valence-corrected chi connectivity index (χ1v) is 3.77. The summed E-state index contributed by atoms with van der Waals surface area (Å²) in [6, 6.07) is 7.26. The lowest BCUT2D eigenvalue weighted by Gasteiger charge is -2.06. The number of para-hydroxylation sites is 1. The standard InChI is InChI=1S/C8H10N2O3/c1-9-8-5-3-2-4-7(8)6-13-10(11)12/h2-5,9H,6H2,1H3. The number of hydrogen-bond acceptors (Lipinski definition) is 4. The summed E-state index contributed by atoms with van der Waals surface area (Å²) in [7, 11) is 1.75. The van der Waals surface area contributed by atoms with Crippen LogP contribution in [0.15, 0.2) is 24.3 Å².